The summed E-state index contributed by atoms with van der Waals surface area (Å²) in [5.41, 5.74) is 1.53. The number of hydrogen-bond donors (Lipinski definition) is 1. The predicted octanol–water partition coefficient (Wildman–Crippen LogP) is 2.40. The maximum atomic E-state index is 13.3. The lowest BCUT2D eigenvalue weighted by molar-refractivity contribution is 0.0348. The summed E-state index contributed by atoms with van der Waals surface area (Å²) in [6, 6.07) is 7.21. The minimum Gasteiger partial charge on any atom is -0.472 e. The Labute approximate surface area is 182 Å². The van der Waals surface area contributed by atoms with Gasteiger partial charge in [0.25, 0.3) is 5.91 Å². The zero-order chi connectivity index (χ0) is 22.5. The number of pyridine rings is 1. The van der Waals surface area contributed by atoms with Crippen LogP contribution in [0, 0.1) is 23.6 Å². The first kappa shape index (κ1) is 22.7. The van der Waals surface area contributed by atoms with Crippen LogP contribution in [-0.4, -0.2) is 71.7 Å². The van der Waals surface area contributed by atoms with Gasteiger partial charge >= 0.3 is 0 Å². The van der Waals surface area contributed by atoms with Crippen molar-refractivity contribution in [3.63, 3.8) is 0 Å². The van der Waals surface area contributed by atoms with Crippen LogP contribution in [0.15, 0.2) is 36.5 Å². The van der Waals surface area contributed by atoms with Crippen molar-refractivity contribution in [2.45, 2.75) is 26.0 Å². The molecule has 0 saturated carbocycles. The van der Waals surface area contributed by atoms with Gasteiger partial charge in [-0.25, -0.2) is 9.37 Å². The zero-order valence-electron chi connectivity index (χ0n) is 18.3. The molecule has 0 aliphatic carbocycles. The molecule has 1 aromatic carbocycles. The fourth-order valence-corrected chi connectivity index (χ4v) is 3.43. The van der Waals surface area contributed by atoms with Gasteiger partial charge in [0.1, 0.15) is 17.5 Å². The number of benzene rings is 1. The highest BCUT2D eigenvalue weighted by Crippen LogP contribution is 2.27. The summed E-state index contributed by atoms with van der Waals surface area (Å²) in [6.07, 6.45) is 1.40. The van der Waals surface area contributed by atoms with E-state index < -0.39 is 0 Å². The molecule has 164 valence electrons. The number of aliphatic hydroxyl groups is 1. The highest BCUT2D eigenvalue weighted by molar-refractivity contribution is 5.97. The first-order chi connectivity index (χ1) is 14.8. The third kappa shape index (κ3) is 5.60. The van der Waals surface area contributed by atoms with E-state index in [1.54, 1.807) is 29.3 Å². The molecule has 6 nitrogen and oxygen atoms in total. The van der Waals surface area contributed by atoms with Crippen LogP contribution in [0.25, 0.3) is 0 Å². The van der Waals surface area contributed by atoms with Gasteiger partial charge in [-0.2, -0.15) is 0 Å². The van der Waals surface area contributed by atoms with Gasteiger partial charge in [0, 0.05) is 36.3 Å². The molecule has 2 aromatic rings. The normalized spacial score (nSPS) is 19.6. The number of likely N-dealkylation sites (N-methyl/N-ethyl adjacent to an activating group) is 1. The van der Waals surface area contributed by atoms with Crippen molar-refractivity contribution in [1.82, 2.24) is 14.8 Å². The number of carbonyl (C=O) groups excluding carboxylic acids is 1. The second-order valence-corrected chi connectivity index (χ2v) is 8.22. The molecular formula is C24H28FN3O3. The molecule has 0 spiro atoms. The number of amides is 1. The third-order valence-electron chi connectivity index (χ3n) is 5.26. The Balaban J connectivity index is 1.99. The first-order valence-electron chi connectivity index (χ1n) is 10.3. The summed E-state index contributed by atoms with van der Waals surface area (Å²) in [4.78, 5) is 21.4. The van der Waals surface area contributed by atoms with Gasteiger partial charge in [-0.1, -0.05) is 18.8 Å². The van der Waals surface area contributed by atoms with E-state index in [0.717, 1.165) is 0 Å². The smallest absolute Gasteiger partial charge is 0.259 e. The van der Waals surface area contributed by atoms with Crippen molar-refractivity contribution in [2.75, 3.05) is 33.8 Å². The van der Waals surface area contributed by atoms with Crippen molar-refractivity contribution >= 4 is 5.91 Å². The van der Waals surface area contributed by atoms with Gasteiger partial charge in [0.2, 0.25) is 5.88 Å². The number of hydrogen-bond acceptors (Lipinski definition) is 5. The number of fused-ring (bicyclic) bond motifs is 1. The Morgan fingerprint density at radius 2 is 1.97 bits per heavy atom. The zero-order valence-corrected chi connectivity index (χ0v) is 18.3. The molecular weight excluding hydrogens is 397 g/mol. The lowest BCUT2D eigenvalue weighted by Crippen LogP contribution is -2.49. The van der Waals surface area contributed by atoms with Crippen LogP contribution in [0.3, 0.4) is 0 Å². The number of aliphatic hydroxyl groups excluding tert-OH is 1. The monoisotopic (exact) mass is 425 g/mol. The van der Waals surface area contributed by atoms with Gasteiger partial charge in [0.05, 0.1) is 12.6 Å². The Morgan fingerprint density at radius 3 is 2.61 bits per heavy atom. The van der Waals surface area contributed by atoms with Crippen molar-refractivity contribution in [3.05, 3.63) is 59.0 Å². The van der Waals surface area contributed by atoms with Crippen LogP contribution < -0.4 is 4.74 Å². The average molecular weight is 426 g/mol. The van der Waals surface area contributed by atoms with E-state index in [4.69, 9.17) is 4.74 Å². The number of halogens is 1. The van der Waals surface area contributed by atoms with E-state index in [1.165, 1.54) is 12.1 Å². The van der Waals surface area contributed by atoms with Crippen LogP contribution in [0.4, 0.5) is 4.39 Å². The summed E-state index contributed by atoms with van der Waals surface area (Å²) in [7, 11) is 3.94. The highest BCUT2D eigenvalue weighted by Gasteiger charge is 2.33. The summed E-state index contributed by atoms with van der Waals surface area (Å²) in [5, 5.41) is 9.70. The average Bonchev–Trinajstić information content (AvgIpc) is 2.75. The van der Waals surface area contributed by atoms with E-state index in [2.05, 4.69) is 16.8 Å². The summed E-state index contributed by atoms with van der Waals surface area (Å²) < 4.78 is 19.3. The van der Waals surface area contributed by atoms with Crippen LogP contribution in [-0.2, 0) is 0 Å². The van der Waals surface area contributed by atoms with Crippen LogP contribution in [0.5, 0.6) is 5.88 Å². The van der Waals surface area contributed by atoms with E-state index in [-0.39, 0.29) is 42.3 Å². The molecule has 3 rings (SSSR count). The molecule has 1 aliphatic rings. The van der Waals surface area contributed by atoms with Gasteiger partial charge in [0.15, 0.2) is 0 Å². The predicted molar refractivity (Wildman–Crippen MR) is 116 cm³/mol. The maximum absolute atomic E-state index is 13.3. The molecule has 1 aliphatic heterocycles. The highest BCUT2D eigenvalue weighted by atomic mass is 19.1. The molecule has 0 fully saturated rings. The Bertz CT molecular complexity index is 982. The van der Waals surface area contributed by atoms with Gasteiger partial charge in [-0.05, 0) is 51.4 Å². The third-order valence-corrected chi connectivity index (χ3v) is 5.26. The number of aromatic nitrogens is 1. The number of carbonyl (C=O) groups is 1. The lowest BCUT2D eigenvalue weighted by Gasteiger charge is -2.37. The topological polar surface area (TPSA) is 65.9 Å². The molecule has 0 saturated heterocycles. The van der Waals surface area contributed by atoms with Crippen molar-refractivity contribution in [3.8, 4) is 17.7 Å². The molecule has 31 heavy (non-hydrogen) atoms. The molecule has 7 heteroatoms. The van der Waals surface area contributed by atoms with Gasteiger partial charge < -0.3 is 19.6 Å². The fourth-order valence-electron chi connectivity index (χ4n) is 3.43. The molecule has 0 bridgehead atoms. The first-order valence-corrected chi connectivity index (χ1v) is 10.3. The summed E-state index contributed by atoms with van der Waals surface area (Å²) in [6.45, 7) is 4.85. The summed E-state index contributed by atoms with van der Waals surface area (Å²) in [5.74, 6) is 5.68. The van der Waals surface area contributed by atoms with Crippen molar-refractivity contribution in [1.29, 1.82) is 0 Å². The Kier molecular flexibility index (Phi) is 7.26. The van der Waals surface area contributed by atoms with Crippen molar-refractivity contribution < 1.29 is 19.0 Å². The van der Waals surface area contributed by atoms with E-state index in [0.29, 0.717) is 29.8 Å². The van der Waals surface area contributed by atoms with Crippen molar-refractivity contribution in [2.24, 2.45) is 5.92 Å². The van der Waals surface area contributed by atoms with Crippen LogP contribution >= 0.6 is 0 Å². The standard InChI is InChI=1S/C24H28FN3O3/c1-16-13-28(17(2)15-29)24(30)21-11-19(6-5-18-7-9-20(25)10-8-18)12-26-23(21)31-22(16)14-27(3)4/h7-12,16-17,22,29H,13-15H2,1-4H3/t16-,17-,22+/m1/s1. The molecule has 0 unspecified atom stereocenters. The van der Waals surface area contributed by atoms with E-state index in [9.17, 15) is 14.3 Å². The molecule has 0 radical (unpaired) electrons. The Hall–Kier alpha value is -2.95. The quantitative estimate of drug-likeness (QED) is 0.762. The Morgan fingerprint density at radius 1 is 1.29 bits per heavy atom. The largest absolute Gasteiger partial charge is 0.472 e. The second-order valence-electron chi connectivity index (χ2n) is 8.22. The van der Waals surface area contributed by atoms with Gasteiger partial charge in [-0.15, -0.1) is 0 Å². The maximum Gasteiger partial charge on any atom is 0.259 e. The SMILES string of the molecule is C[C@@H]1CN([C@H](C)CO)C(=O)c2cc(C#Cc3ccc(F)cc3)cnc2O[C@H]1CN(C)C. The van der Waals surface area contributed by atoms with Gasteiger partial charge in [-0.3, -0.25) is 4.79 Å². The molecule has 2 heterocycles. The minimum absolute atomic E-state index is 0.0493. The molecule has 1 aromatic heterocycles. The lowest BCUT2D eigenvalue weighted by atomic mass is 10.00. The van der Waals surface area contributed by atoms with E-state index in [1.807, 2.05) is 32.8 Å². The molecule has 3 atom stereocenters. The van der Waals surface area contributed by atoms with Crippen LogP contribution in [0.2, 0.25) is 0 Å². The number of nitrogens with zero attached hydrogens (tertiary/aromatic N) is 3. The minimum atomic E-state index is -0.338. The fraction of sp³-hybridized carbons (Fsp3) is 0.417. The second kappa shape index (κ2) is 9.90. The number of rotatable bonds is 4. The summed E-state index contributed by atoms with van der Waals surface area (Å²) >= 11 is 0. The molecule has 1 amide bonds. The van der Waals surface area contributed by atoms with E-state index >= 15 is 0 Å². The van der Waals surface area contributed by atoms with Crippen LogP contribution in [0.1, 0.15) is 35.3 Å². The molecule has 1 N–H and O–H groups in total. The number of ether oxygens (including phenoxy) is 1.